The highest BCUT2D eigenvalue weighted by atomic mass is 35.5. The Kier molecular flexibility index (Phi) is 7.55. The second-order valence-corrected chi connectivity index (χ2v) is 8.78. The third-order valence-corrected chi connectivity index (χ3v) is 6.15. The molecule has 1 aliphatic heterocycles. The van der Waals surface area contributed by atoms with E-state index in [0.29, 0.717) is 42.5 Å². The second kappa shape index (κ2) is 10.7. The van der Waals surface area contributed by atoms with Crippen LogP contribution in [0.15, 0.2) is 53.1 Å². The summed E-state index contributed by atoms with van der Waals surface area (Å²) in [6.07, 6.45) is 4.10. The normalized spacial score (nSPS) is 15.1. The number of rotatable bonds is 9. The first-order valence-electron chi connectivity index (χ1n) is 11.2. The SMILES string of the molecule is Cc1ccc(C(CNC(=O)CCCc2nc(-c3ccc(Cl)cc3)no2)N2CCCC2)cc1. The van der Waals surface area contributed by atoms with Crippen LogP contribution in [0.3, 0.4) is 0 Å². The molecule has 0 saturated carbocycles. The molecule has 2 aromatic carbocycles. The Morgan fingerprint density at radius 2 is 1.84 bits per heavy atom. The molecular formula is C25H29ClN4O2. The van der Waals surface area contributed by atoms with E-state index in [2.05, 4.69) is 51.5 Å². The molecule has 0 bridgehead atoms. The van der Waals surface area contributed by atoms with Crippen LogP contribution in [0.5, 0.6) is 0 Å². The molecule has 4 rings (SSSR count). The maximum atomic E-state index is 12.5. The third-order valence-electron chi connectivity index (χ3n) is 5.90. The number of amides is 1. The van der Waals surface area contributed by atoms with Crippen LogP contribution in [0.25, 0.3) is 11.4 Å². The van der Waals surface area contributed by atoms with Crippen LogP contribution < -0.4 is 5.32 Å². The Morgan fingerprint density at radius 3 is 2.56 bits per heavy atom. The first kappa shape index (κ1) is 22.5. The summed E-state index contributed by atoms with van der Waals surface area (Å²) in [5, 5.41) is 7.82. The quantitative estimate of drug-likeness (QED) is 0.496. The molecule has 7 heteroatoms. The topological polar surface area (TPSA) is 71.3 Å². The van der Waals surface area contributed by atoms with E-state index in [1.165, 1.54) is 24.0 Å². The number of likely N-dealkylation sites (tertiary alicyclic amines) is 1. The van der Waals surface area contributed by atoms with Gasteiger partial charge in [0.1, 0.15) is 0 Å². The average Bonchev–Trinajstić information content (AvgIpc) is 3.48. The number of halogens is 1. The Labute approximate surface area is 194 Å². The fourth-order valence-electron chi connectivity index (χ4n) is 4.07. The number of benzene rings is 2. The fourth-order valence-corrected chi connectivity index (χ4v) is 4.20. The zero-order chi connectivity index (χ0) is 22.3. The summed E-state index contributed by atoms with van der Waals surface area (Å²) in [7, 11) is 0. The summed E-state index contributed by atoms with van der Waals surface area (Å²) in [5.74, 6) is 1.13. The lowest BCUT2D eigenvalue weighted by Gasteiger charge is -2.28. The number of carbonyl (C=O) groups is 1. The van der Waals surface area contributed by atoms with Crippen LogP contribution in [0.1, 0.15) is 48.7 Å². The summed E-state index contributed by atoms with van der Waals surface area (Å²) in [5.41, 5.74) is 3.36. The van der Waals surface area contributed by atoms with Crippen molar-refractivity contribution >= 4 is 17.5 Å². The van der Waals surface area contributed by atoms with E-state index in [4.69, 9.17) is 16.1 Å². The van der Waals surface area contributed by atoms with E-state index >= 15 is 0 Å². The Balaban J connectivity index is 1.26. The van der Waals surface area contributed by atoms with E-state index in [0.717, 1.165) is 18.7 Å². The zero-order valence-electron chi connectivity index (χ0n) is 18.4. The number of aryl methyl sites for hydroxylation is 2. The number of hydrogen-bond donors (Lipinski definition) is 1. The molecule has 1 aromatic heterocycles. The van der Waals surface area contributed by atoms with Gasteiger partial charge < -0.3 is 9.84 Å². The molecule has 1 aliphatic rings. The smallest absolute Gasteiger partial charge is 0.226 e. The van der Waals surface area contributed by atoms with Crippen LogP contribution >= 0.6 is 11.6 Å². The van der Waals surface area contributed by atoms with E-state index in [-0.39, 0.29) is 11.9 Å². The third kappa shape index (κ3) is 5.96. The van der Waals surface area contributed by atoms with Gasteiger partial charge in [-0.25, -0.2) is 0 Å². The van der Waals surface area contributed by atoms with Gasteiger partial charge in [-0.2, -0.15) is 4.98 Å². The van der Waals surface area contributed by atoms with Crippen molar-refractivity contribution in [3.05, 3.63) is 70.6 Å². The molecule has 0 radical (unpaired) electrons. The number of aromatic nitrogens is 2. The van der Waals surface area contributed by atoms with Crippen molar-refractivity contribution in [1.82, 2.24) is 20.4 Å². The Morgan fingerprint density at radius 1 is 1.12 bits per heavy atom. The van der Waals surface area contributed by atoms with E-state index in [1.807, 2.05) is 12.1 Å². The second-order valence-electron chi connectivity index (χ2n) is 8.35. The first-order valence-corrected chi connectivity index (χ1v) is 11.6. The molecule has 3 aromatic rings. The van der Waals surface area contributed by atoms with E-state index in [1.54, 1.807) is 12.1 Å². The molecule has 32 heavy (non-hydrogen) atoms. The van der Waals surface area contributed by atoms with Gasteiger partial charge in [-0.1, -0.05) is 46.6 Å². The van der Waals surface area contributed by atoms with Crippen LogP contribution in [0.2, 0.25) is 5.02 Å². The maximum absolute atomic E-state index is 12.5. The summed E-state index contributed by atoms with van der Waals surface area (Å²) in [6.45, 7) is 4.89. The lowest BCUT2D eigenvalue weighted by Crippen LogP contribution is -2.36. The monoisotopic (exact) mass is 452 g/mol. The molecule has 168 valence electrons. The van der Waals surface area contributed by atoms with Crippen molar-refractivity contribution in [3.63, 3.8) is 0 Å². The van der Waals surface area contributed by atoms with E-state index in [9.17, 15) is 4.79 Å². The molecule has 0 spiro atoms. The minimum atomic E-state index is 0.0544. The van der Waals surface area contributed by atoms with Crippen molar-refractivity contribution in [2.24, 2.45) is 0 Å². The molecule has 6 nitrogen and oxygen atoms in total. The highest BCUT2D eigenvalue weighted by Crippen LogP contribution is 2.25. The summed E-state index contributed by atoms with van der Waals surface area (Å²) in [6, 6.07) is 16.2. The highest BCUT2D eigenvalue weighted by Gasteiger charge is 2.23. The molecule has 1 fully saturated rings. The van der Waals surface area contributed by atoms with Crippen molar-refractivity contribution in [2.45, 2.75) is 45.1 Å². The largest absolute Gasteiger partial charge is 0.354 e. The molecule has 1 unspecified atom stereocenters. The number of nitrogens with zero attached hydrogens (tertiary/aromatic N) is 3. The van der Waals surface area contributed by atoms with Gasteiger partial charge in [-0.15, -0.1) is 0 Å². The van der Waals surface area contributed by atoms with Crippen LogP contribution in [-0.4, -0.2) is 40.6 Å². The minimum absolute atomic E-state index is 0.0544. The van der Waals surface area contributed by atoms with Crippen LogP contribution in [0, 0.1) is 6.92 Å². The Hall–Kier alpha value is -2.70. The predicted octanol–water partition coefficient (Wildman–Crippen LogP) is 4.97. The Bertz CT molecular complexity index is 1010. The van der Waals surface area contributed by atoms with Gasteiger partial charge in [-0.3, -0.25) is 9.69 Å². The van der Waals surface area contributed by atoms with Gasteiger partial charge in [0.2, 0.25) is 17.6 Å². The molecule has 1 saturated heterocycles. The highest BCUT2D eigenvalue weighted by molar-refractivity contribution is 6.30. The number of hydrogen-bond acceptors (Lipinski definition) is 5. The first-order chi connectivity index (χ1) is 15.6. The van der Waals surface area contributed by atoms with Crippen molar-refractivity contribution in [3.8, 4) is 11.4 Å². The molecule has 1 amide bonds. The van der Waals surface area contributed by atoms with Gasteiger partial charge >= 0.3 is 0 Å². The lowest BCUT2D eigenvalue weighted by atomic mass is 10.0. The average molecular weight is 453 g/mol. The van der Waals surface area contributed by atoms with Gasteiger partial charge in [0.15, 0.2) is 0 Å². The molecule has 0 aliphatic carbocycles. The zero-order valence-corrected chi connectivity index (χ0v) is 19.1. The van der Waals surface area contributed by atoms with Gasteiger partial charge in [-0.05, 0) is 69.1 Å². The lowest BCUT2D eigenvalue weighted by molar-refractivity contribution is -0.121. The van der Waals surface area contributed by atoms with Gasteiger partial charge in [0, 0.05) is 30.0 Å². The number of carbonyl (C=O) groups excluding carboxylic acids is 1. The summed E-state index contributed by atoms with van der Waals surface area (Å²) >= 11 is 5.92. The molecule has 1 N–H and O–H groups in total. The van der Waals surface area contributed by atoms with Crippen molar-refractivity contribution < 1.29 is 9.32 Å². The predicted molar refractivity (Wildman–Crippen MR) is 125 cm³/mol. The fraction of sp³-hybridized carbons (Fsp3) is 0.400. The van der Waals surface area contributed by atoms with Crippen LogP contribution in [-0.2, 0) is 11.2 Å². The number of nitrogens with one attached hydrogen (secondary N) is 1. The van der Waals surface area contributed by atoms with Gasteiger partial charge in [0.25, 0.3) is 0 Å². The van der Waals surface area contributed by atoms with E-state index < -0.39 is 0 Å². The minimum Gasteiger partial charge on any atom is -0.354 e. The van der Waals surface area contributed by atoms with Crippen molar-refractivity contribution in [2.75, 3.05) is 19.6 Å². The molecule has 1 atom stereocenters. The van der Waals surface area contributed by atoms with Crippen LogP contribution in [0.4, 0.5) is 0 Å². The summed E-state index contributed by atoms with van der Waals surface area (Å²) in [4.78, 5) is 19.4. The molecule has 2 heterocycles. The van der Waals surface area contributed by atoms with Crippen molar-refractivity contribution in [1.29, 1.82) is 0 Å². The van der Waals surface area contributed by atoms with Gasteiger partial charge in [0.05, 0.1) is 6.04 Å². The standard InChI is InChI=1S/C25H29ClN4O2/c1-18-7-9-19(10-8-18)22(30-15-2-3-16-30)17-27-23(31)5-4-6-24-28-25(29-32-24)20-11-13-21(26)14-12-20/h7-14,22H,2-6,15-17H2,1H3,(H,27,31). The maximum Gasteiger partial charge on any atom is 0.226 e. The molecular weight excluding hydrogens is 424 g/mol. The summed E-state index contributed by atoms with van der Waals surface area (Å²) < 4.78 is 5.33.